The number of benzene rings is 2. The molecule has 4 rings (SSSR count). The van der Waals surface area contributed by atoms with Gasteiger partial charge >= 0.3 is 12.0 Å². The van der Waals surface area contributed by atoms with Crippen LogP contribution in [0.25, 0.3) is 10.9 Å². The van der Waals surface area contributed by atoms with Crippen LogP contribution in [0.2, 0.25) is 0 Å². The number of aromatic nitrogens is 1. The molecule has 1 aliphatic heterocycles. The van der Waals surface area contributed by atoms with Crippen LogP contribution in [0.1, 0.15) is 11.3 Å². The summed E-state index contributed by atoms with van der Waals surface area (Å²) < 4.78 is 5.16. The molecule has 0 saturated heterocycles. The molecule has 7 heteroatoms. The van der Waals surface area contributed by atoms with Crippen LogP contribution in [0.4, 0.5) is 10.5 Å². The Labute approximate surface area is 155 Å². The predicted octanol–water partition coefficient (Wildman–Crippen LogP) is 3.22. The number of urea groups is 1. The molecule has 27 heavy (non-hydrogen) atoms. The lowest BCUT2D eigenvalue weighted by Gasteiger charge is -2.33. The highest BCUT2D eigenvalue weighted by atomic mass is 16.5. The average molecular weight is 365 g/mol. The first kappa shape index (κ1) is 17.0. The molecule has 0 bridgehead atoms. The average Bonchev–Trinajstić information content (AvgIpc) is 3.04. The third-order valence-corrected chi connectivity index (χ3v) is 4.87. The molecule has 1 atom stereocenters. The molecule has 3 aromatic rings. The molecule has 0 radical (unpaired) electrons. The van der Waals surface area contributed by atoms with Crippen LogP contribution >= 0.6 is 0 Å². The number of para-hydroxylation sites is 1. The van der Waals surface area contributed by atoms with Gasteiger partial charge in [-0.2, -0.15) is 0 Å². The molecule has 7 nitrogen and oxygen atoms in total. The van der Waals surface area contributed by atoms with E-state index in [1.165, 1.54) is 4.90 Å². The number of rotatable bonds is 3. The van der Waals surface area contributed by atoms with Gasteiger partial charge in [-0.1, -0.05) is 24.3 Å². The highest BCUT2D eigenvalue weighted by molar-refractivity contribution is 5.94. The molecule has 138 valence electrons. The van der Waals surface area contributed by atoms with Gasteiger partial charge in [0, 0.05) is 34.8 Å². The maximum absolute atomic E-state index is 12.8. The zero-order chi connectivity index (χ0) is 19.0. The number of amides is 2. The molecule has 1 aliphatic rings. The predicted molar refractivity (Wildman–Crippen MR) is 101 cm³/mol. The zero-order valence-electron chi connectivity index (χ0n) is 14.7. The Morgan fingerprint density at radius 1 is 1.22 bits per heavy atom. The summed E-state index contributed by atoms with van der Waals surface area (Å²) >= 11 is 0. The summed E-state index contributed by atoms with van der Waals surface area (Å²) in [6, 6.07) is 13.3. The highest BCUT2D eigenvalue weighted by Gasteiger charge is 2.36. The van der Waals surface area contributed by atoms with Crippen molar-refractivity contribution >= 4 is 28.6 Å². The van der Waals surface area contributed by atoms with E-state index in [2.05, 4.69) is 10.3 Å². The summed E-state index contributed by atoms with van der Waals surface area (Å²) in [5.41, 5.74) is 3.32. The quantitative estimate of drug-likeness (QED) is 0.664. The fourth-order valence-corrected chi connectivity index (χ4v) is 3.54. The Hall–Kier alpha value is -3.48. The first-order chi connectivity index (χ1) is 13.1. The van der Waals surface area contributed by atoms with E-state index in [0.29, 0.717) is 11.4 Å². The number of carboxylic acid groups (broad SMARTS) is 1. The molecular weight excluding hydrogens is 346 g/mol. The van der Waals surface area contributed by atoms with Crippen LogP contribution < -0.4 is 10.1 Å². The number of hydrogen-bond acceptors (Lipinski definition) is 3. The largest absolute Gasteiger partial charge is 0.497 e. The van der Waals surface area contributed by atoms with Gasteiger partial charge in [-0.25, -0.2) is 9.59 Å². The van der Waals surface area contributed by atoms with E-state index in [1.54, 1.807) is 31.4 Å². The van der Waals surface area contributed by atoms with Gasteiger partial charge in [0.15, 0.2) is 0 Å². The zero-order valence-corrected chi connectivity index (χ0v) is 14.7. The number of carbonyl (C=O) groups is 2. The molecule has 0 fully saturated rings. The minimum atomic E-state index is -1.02. The standard InChI is InChI=1S/C20H19N3O4/c1-27-13-6-4-5-12(9-13)21-20(26)23-11-17-15(10-18(23)19(24)25)14-7-2-3-8-16(14)22-17/h2-9,18,22H,10-11H2,1H3,(H,21,26)(H,24,25). The summed E-state index contributed by atoms with van der Waals surface area (Å²) in [5, 5.41) is 13.5. The summed E-state index contributed by atoms with van der Waals surface area (Å²) in [6.45, 7) is 0.205. The Morgan fingerprint density at radius 3 is 2.81 bits per heavy atom. The van der Waals surface area contributed by atoms with Crippen molar-refractivity contribution < 1.29 is 19.4 Å². The topological polar surface area (TPSA) is 94.7 Å². The van der Waals surface area contributed by atoms with Crippen molar-refractivity contribution in [2.24, 2.45) is 0 Å². The first-order valence-corrected chi connectivity index (χ1v) is 8.60. The molecule has 1 unspecified atom stereocenters. The van der Waals surface area contributed by atoms with Crippen molar-refractivity contribution in [3.05, 3.63) is 59.8 Å². The van der Waals surface area contributed by atoms with Gasteiger partial charge in [-0.15, -0.1) is 0 Å². The second kappa shape index (κ2) is 6.68. The molecule has 1 aromatic heterocycles. The van der Waals surface area contributed by atoms with Crippen molar-refractivity contribution in [3.63, 3.8) is 0 Å². The smallest absolute Gasteiger partial charge is 0.326 e. The number of methoxy groups -OCH3 is 1. The number of carbonyl (C=O) groups excluding carboxylic acids is 1. The lowest BCUT2D eigenvalue weighted by atomic mass is 9.97. The van der Waals surface area contributed by atoms with Crippen molar-refractivity contribution in [3.8, 4) is 5.75 Å². The summed E-state index contributed by atoms with van der Waals surface area (Å²) in [7, 11) is 1.55. The molecule has 3 N–H and O–H groups in total. The van der Waals surface area contributed by atoms with Crippen molar-refractivity contribution in [2.45, 2.75) is 19.0 Å². The molecule has 2 aromatic carbocycles. The van der Waals surface area contributed by atoms with Gasteiger partial charge in [0.1, 0.15) is 11.8 Å². The van der Waals surface area contributed by atoms with Crippen LogP contribution in [0.3, 0.4) is 0 Å². The van der Waals surface area contributed by atoms with Crippen LogP contribution in [-0.2, 0) is 17.8 Å². The molecule has 0 aliphatic carbocycles. The lowest BCUT2D eigenvalue weighted by molar-refractivity contribution is -0.142. The Kier molecular flexibility index (Phi) is 4.19. The molecular formula is C20H19N3O4. The minimum absolute atomic E-state index is 0.205. The minimum Gasteiger partial charge on any atom is -0.497 e. The van der Waals surface area contributed by atoms with Gasteiger partial charge in [0.25, 0.3) is 0 Å². The van der Waals surface area contributed by atoms with E-state index >= 15 is 0 Å². The number of ether oxygens (including phenoxy) is 1. The van der Waals surface area contributed by atoms with Gasteiger partial charge in [0.2, 0.25) is 0 Å². The number of fused-ring (bicyclic) bond motifs is 3. The Morgan fingerprint density at radius 2 is 2.04 bits per heavy atom. The molecule has 0 saturated carbocycles. The number of aromatic amines is 1. The normalized spacial score (nSPS) is 16.0. The van der Waals surface area contributed by atoms with E-state index in [4.69, 9.17) is 4.74 Å². The van der Waals surface area contributed by atoms with Crippen LogP contribution in [-0.4, -0.2) is 40.1 Å². The van der Waals surface area contributed by atoms with E-state index < -0.39 is 18.0 Å². The van der Waals surface area contributed by atoms with Crippen molar-refractivity contribution in [1.82, 2.24) is 9.88 Å². The van der Waals surface area contributed by atoms with Crippen molar-refractivity contribution in [1.29, 1.82) is 0 Å². The molecule has 0 spiro atoms. The highest BCUT2D eigenvalue weighted by Crippen LogP contribution is 2.31. The Bertz CT molecular complexity index is 1030. The SMILES string of the molecule is COc1cccc(NC(=O)N2Cc3[nH]c4ccccc4c3CC2C(=O)O)c1. The van der Waals surface area contributed by atoms with E-state index in [0.717, 1.165) is 22.2 Å². The van der Waals surface area contributed by atoms with E-state index in [9.17, 15) is 14.7 Å². The maximum Gasteiger partial charge on any atom is 0.326 e. The van der Waals surface area contributed by atoms with Gasteiger partial charge < -0.3 is 25.0 Å². The van der Waals surface area contributed by atoms with Crippen LogP contribution in [0, 0.1) is 0 Å². The number of nitrogens with zero attached hydrogens (tertiary/aromatic N) is 1. The van der Waals surface area contributed by atoms with Crippen LogP contribution in [0.5, 0.6) is 5.75 Å². The monoisotopic (exact) mass is 365 g/mol. The summed E-state index contributed by atoms with van der Waals surface area (Å²) in [5.74, 6) is -0.411. The molecule has 2 amide bonds. The molecule has 2 heterocycles. The fourth-order valence-electron chi connectivity index (χ4n) is 3.54. The van der Waals surface area contributed by atoms with Gasteiger partial charge in [-0.05, 0) is 23.8 Å². The second-order valence-corrected chi connectivity index (χ2v) is 6.48. The second-order valence-electron chi connectivity index (χ2n) is 6.48. The van der Waals surface area contributed by atoms with Crippen molar-refractivity contribution in [2.75, 3.05) is 12.4 Å². The third kappa shape index (κ3) is 3.08. The maximum atomic E-state index is 12.8. The van der Waals surface area contributed by atoms with Gasteiger partial charge in [-0.3, -0.25) is 0 Å². The number of aliphatic carboxylic acids is 1. The number of nitrogens with one attached hydrogen (secondary N) is 2. The number of H-pyrrole nitrogens is 1. The number of carboxylic acids is 1. The fraction of sp³-hybridized carbons (Fsp3) is 0.200. The lowest BCUT2D eigenvalue weighted by Crippen LogP contribution is -2.50. The summed E-state index contributed by atoms with van der Waals surface area (Å²) in [4.78, 5) is 29.3. The summed E-state index contributed by atoms with van der Waals surface area (Å²) in [6.07, 6.45) is 0.264. The van der Waals surface area contributed by atoms with E-state index in [-0.39, 0.29) is 13.0 Å². The van der Waals surface area contributed by atoms with Gasteiger partial charge in [0.05, 0.1) is 13.7 Å². The first-order valence-electron chi connectivity index (χ1n) is 8.60. The van der Waals surface area contributed by atoms with Crippen LogP contribution in [0.15, 0.2) is 48.5 Å². The third-order valence-electron chi connectivity index (χ3n) is 4.87. The number of anilines is 1. The number of hydrogen-bond donors (Lipinski definition) is 3. The van der Waals surface area contributed by atoms with E-state index in [1.807, 2.05) is 24.3 Å². The Balaban J connectivity index is 1.64.